The van der Waals surface area contributed by atoms with Gasteiger partial charge in [-0.15, -0.1) is 11.3 Å². The van der Waals surface area contributed by atoms with Gasteiger partial charge in [0.25, 0.3) is 0 Å². The van der Waals surface area contributed by atoms with Crippen molar-refractivity contribution in [3.63, 3.8) is 0 Å². The number of rotatable bonds is 3. The van der Waals surface area contributed by atoms with Crippen LogP contribution in [-0.2, 0) is 9.53 Å². The van der Waals surface area contributed by atoms with Crippen LogP contribution in [0.5, 0.6) is 5.75 Å². The maximum atomic E-state index is 12.0. The van der Waals surface area contributed by atoms with Gasteiger partial charge in [0.15, 0.2) is 5.70 Å². The molecule has 3 rings (SSSR count). The number of nitrogens with zero attached hydrogens (tertiary/aromatic N) is 1. The first kappa shape index (κ1) is 15.0. The van der Waals surface area contributed by atoms with Crippen molar-refractivity contribution in [3.05, 3.63) is 55.8 Å². The highest BCUT2D eigenvalue weighted by Gasteiger charge is 2.25. The first-order valence-electron chi connectivity index (χ1n) is 6.49. The minimum absolute atomic E-state index is 0.300. The van der Waals surface area contributed by atoms with Gasteiger partial charge in [-0.05, 0) is 64.1 Å². The Bertz CT molecular complexity index is 807. The van der Waals surface area contributed by atoms with Crippen molar-refractivity contribution in [2.45, 2.75) is 6.92 Å². The summed E-state index contributed by atoms with van der Waals surface area (Å²) in [6.07, 6.45) is 1.76. The fourth-order valence-electron chi connectivity index (χ4n) is 1.99. The van der Waals surface area contributed by atoms with E-state index in [0.717, 1.165) is 14.9 Å². The number of carbonyl (C=O) groups excluding carboxylic acids is 1. The molecule has 1 aliphatic heterocycles. The van der Waals surface area contributed by atoms with Crippen molar-refractivity contribution >= 4 is 45.2 Å². The molecule has 0 amide bonds. The monoisotopic (exact) mass is 377 g/mol. The number of hydrogen-bond acceptors (Lipinski definition) is 5. The molecular weight excluding hydrogens is 366 g/mol. The van der Waals surface area contributed by atoms with E-state index in [0.29, 0.717) is 22.9 Å². The first-order valence-corrected chi connectivity index (χ1v) is 8.16. The molecule has 0 spiro atoms. The topological polar surface area (TPSA) is 47.9 Å². The molecule has 1 aromatic heterocycles. The normalized spacial score (nSPS) is 15.9. The smallest absolute Gasteiger partial charge is 0.363 e. The van der Waals surface area contributed by atoms with Crippen LogP contribution >= 0.6 is 27.3 Å². The second-order valence-corrected chi connectivity index (χ2v) is 6.46. The van der Waals surface area contributed by atoms with Gasteiger partial charge in [-0.3, -0.25) is 0 Å². The molecule has 0 saturated carbocycles. The average Bonchev–Trinajstić information content (AvgIpc) is 3.06. The Kier molecular flexibility index (Phi) is 4.13. The zero-order chi connectivity index (χ0) is 15.7. The van der Waals surface area contributed by atoms with Crippen LogP contribution in [0.2, 0.25) is 0 Å². The number of hydrogen-bond donors (Lipinski definition) is 0. The van der Waals surface area contributed by atoms with Gasteiger partial charge < -0.3 is 9.47 Å². The quantitative estimate of drug-likeness (QED) is 0.595. The van der Waals surface area contributed by atoms with Crippen molar-refractivity contribution in [2.24, 2.45) is 4.99 Å². The summed E-state index contributed by atoms with van der Waals surface area (Å²) in [5, 5.41) is 1.98. The van der Waals surface area contributed by atoms with E-state index in [-0.39, 0.29) is 0 Å². The van der Waals surface area contributed by atoms with Crippen LogP contribution in [-0.4, -0.2) is 19.0 Å². The number of benzene rings is 1. The number of carbonyl (C=O) groups is 1. The zero-order valence-electron chi connectivity index (χ0n) is 11.9. The van der Waals surface area contributed by atoms with Crippen LogP contribution in [0.15, 0.2) is 44.8 Å². The third kappa shape index (κ3) is 2.84. The van der Waals surface area contributed by atoms with E-state index in [1.54, 1.807) is 36.7 Å². The molecule has 2 heterocycles. The predicted molar refractivity (Wildman–Crippen MR) is 90.4 cm³/mol. The molecule has 4 nitrogen and oxygen atoms in total. The average molecular weight is 378 g/mol. The minimum atomic E-state index is -0.435. The Labute approximate surface area is 140 Å². The number of thiophene rings is 1. The van der Waals surface area contributed by atoms with Crippen molar-refractivity contribution in [3.8, 4) is 5.75 Å². The lowest BCUT2D eigenvalue weighted by Crippen LogP contribution is -2.05. The molecule has 0 N–H and O–H groups in total. The number of aryl methyl sites for hydroxylation is 1. The summed E-state index contributed by atoms with van der Waals surface area (Å²) >= 11 is 4.97. The zero-order valence-corrected chi connectivity index (χ0v) is 14.3. The summed E-state index contributed by atoms with van der Waals surface area (Å²) < 4.78 is 11.2. The van der Waals surface area contributed by atoms with Crippen molar-refractivity contribution < 1.29 is 14.3 Å². The fraction of sp³-hybridized carbons (Fsp3) is 0.125. The Morgan fingerprint density at radius 3 is 2.82 bits per heavy atom. The molecule has 0 atom stereocenters. The fourth-order valence-corrected chi connectivity index (χ4v) is 3.38. The third-order valence-corrected chi connectivity index (χ3v) is 4.77. The number of esters is 1. The molecule has 22 heavy (non-hydrogen) atoms. The minimum Gasteiger partial charge on any atom is -0.496 e. The molecule has 6 heteroatoms. The number of methoxy groups -OCH3 is 1. The summed E-state index contributed by atoms with van der Waals surface area (Å²) in [5.41, 5.74) is 2.14. The standard InChI is InChI=1S/C16H12BrNO3S/c1-9-5-6-22-14(9)8-12-16(19)21-15(18-12)10-3-4-13(20-2)11(17)7-10/h3-8H,1-2H3. The Morgan fingerprint density at radius 2 is 2.18 bits per heavy atom. The van der Waals surface area contributed by atoms with E-state index in [2.05, 4.69) is 20.9 Å². The second-order valence-electron chi connectivity index (χ2n) is 4.65. The summed E-state index contributed by atoms with van der Waals surface area (Å²) in [7, 11) is 1.59. The van der Waals surface area contributed by atoms with E-state index >= 15 is 0 Å². The number of aliphatic imine (C=N–C) groups is 1. The lowest BCUT2D eigenvalue weighted by Gasteiger charge is -2.05. The number of cyclic esters (lactones) is 1. The Hall–Kier alpha value is -1.92. The van der Waals surface area contributed by atoms with Crippen LogP contribution in [0.1, 0.15) is 16.0 Å². The van der Waals surface area contributed by atoms with Crippen LogP contribution < -0.4 is 4.74 Å². The van der Waals surface area contributed by atoms with Crippen LogP contribution in [0.25, 0.3) is 6.08 Å². The van der Waals surface area contributed by atoms with Gasteiger partial charge in [0.1, 0.15) is 5.75 Å². The second kappa shape index (κ2) is 6.06. The molecule has 0 aliphatic carbocycles. The molecule has 0 radical (unpaired) electrons. The van der Waals surface area contributed by atoms with Gasteiger partial charge >= 0.3 is 5.97 Å². The molecule has 0 unspecified atom stereocenters. The highest BCUT2D eigenvalue weighted by atomic mass is 79.9. The number of ether oxygens (including phenoxy) is 2. The summed E-state index contributed by atoms with van der Waals surface area (Å²) in [6.45, 7) is 1.99. The highest BCUT2D eigenvalue weighted by molar-refractivity contribution is 9.10. The molecular formula is C16H12BrNO3S. The predicted octanol–water partition coefficient (Wildman–Crippen LogP) is 4.17. The molecule has 1 aromatic carbocycles. The van der Waals surface area contributed by atoms with Crippen LogP contribution in [0.4, 0.5) is 0 Å². The van der Waals surface area contributed by atoms with Crippen LogP contribution in [0.3, 0.4) is 0 Å². The SMILES string of the molecule is COc1ccc(C2=NC(=Cc3sccc3C)C(=O)O2)cc1Br. The van der Waals surface area contributed by atoms with Gasteiger partial charge in [-0.25, -0.2) is 9.79 Å². The highest BCUT2D eigenvalue weighted by Crippen LogP contribution is 2.28. The Balaban J connectivity index is 1.95. The van der Waals surface area contributed by atoms with E-state index in [1.807, 2.05) is 24.4 Å². The van der Waals surface area contributed by atoms with Gasteiger partial charge in [0.2, 0.25) is 5.90 Å². The van der Waals surface area contributed by atoms with Crippen molar-refractivity contribution in [2.75, 3.05) is 7.11 Å². The van der Waals surface area contributed by atoms with Crippen molar-refractivity contribution in [1.82, 2.24) is 0 Å². The molecule has 1 aliphatic rings. The maximum Gasteiger partial charge on any atom is 0.363 e. The Morgan fingerprint density at radius 1 is 1.36 bits per heavy atom. The molecule has 112 valence electrons. The van der Waals surface area contributed by atoms with E-state index < -0.39 is 5.97 Å². The maximum absolute atomic E-state index is 12.0. The molecule has 0 fully saturated rings. The lowest BCUT2D eigenvalue weighted by molar-refractivity contribution is -0.129. The van der Waals surface area contributed by atoms with Gasteiger partial charge in [-0.1, -0.05) is 0 Å². The van der Waals surface area contributed by atoms with Gasteiger partial charge in [-0.2, -0.15) is 0 Å². The first-order chi connectivity index (χ1) is 10.6. The van der Waals surface area contributed by atoms with E-state index in [1.165, 1.54) is 0 Å². The summed E-state index contributed by atoms with van der Waals surface area (Å²) in [5.74, 6) is 0.571. The molecule has 2 aromatic rings. The largest absolute Gasteiger partial charge is 0.496 e. The van der Waals surface area contributed by atoms with Crippen molar-refractivity contribution in [1.29, 1.82) is 0 Å². The summed E-state index contributed by atoms with van der Waals surface area (Å²) in [6, 6.07) is 7.41. The third-order valence-electron chi connectivity index (χ3n) is 3.19. The van der Waals surface area contributed by atoms with E-state index in [9.17, 15) is 4.79 Å². The lowest BCUT2D eigenvalue weighted by atomic mass is 10.2. The van der Waals surface area contributed by atoms with E-state index in [4.69, 9.17) is 9.47 Å². The number of halogens is 1. The van der Waals surface area contributed by atoms with Gasteiger partial charge in [0.05, 0.1) is 11.6 Å². The van der Waals surface area contributed by atoms with Gasteiger partial charge in [0, 0.05) is 10.4 Å². The van der Waals surface area contributed by atoms with Crippen LogP contribution in [0, 0.1) is 6.92 Å². The molecule has 0 saturated heterocycles. The molecule has 0 bridgehead atoms. The summed E-state index contributed by atoms with van der Waals surface area (Å²) in [4.78, 5) is 17.3.